The lowest BCUT2D eigenvalue weighted by Gasteiger charge is -2.21. The number of carbonyl (C=O) groups excluding carboxylic acids is 1. The maximum absolute atomic E-state index is 11.5. The molecule has 0 saturated heterocycles. The molecule has 0 aliphatic carbocycles. The van der Waals surface area contributed by atoms with Crippen LogP contribution >= 0.6 is 0 Å². The number of hydrogen-bond acceptors (Lipinski definition) is 3. The van der Waals surface area contributed by atoms with Crippen LogP contribution in [0.5, 0.6) is 0 Å². The standard InChI is InChI=1S/C14H29NO2/c1-4-7-9-11-15(12-10-8-5-2)13-14(16)17-6-3/h4-13H2,1-3H3. The summed E-state index contributed by atoms with van der Waals surface area (Å²) in [5, 5.41) is 0. The minimum absolute atomic E-state index is 0.0829. The highest BCUT2D eigenvalue weighted by molar-refractivity contribution is 5.71. The van der Waals surface area contributed by atoms with Crippen molar-refractivity contribution in [3.8, 4) is 0 Å². The number of unbranched alkanes of at least 4 members (excludes halogenated alkanes) is 4. The van der Waals surface area contributed by atoms with Gasteiger partial charge in [-0.3, -0.25) is 9.69 Å². The van der Waals surface area contributed by atoms with Crippen molar-refractivity contribution in [2.45, 2.75) is 59.3 Å². The van der Waals surface area contributed by atoms with E-state index in [1.165, 1.54) is 38.5 Å². The van der Waals surface area contributed by atoms with Crippen LogP contribution in [0, 0.1) is 0 Å². The smallest absolute Gasteiger partial charge is 0.320 e. The molecule has 0 radical (unpaired) electrons. The Bertz CT molecular complexity index is 173. The van der Waals surface area contributed by atoms with E-state index in [0.717, 1.165) is 13.1 Å². The summed E-state index contributed by atoms with van der Waals surface area (Å²) >= 11 is 0. The molecule has 0 aromatic rings. The number of nitrogens with zero attached hydrogens (tertiary/aromatic N) is 1. The monoisotopic (exact) mass is 243 g/mol. The second-order valence-electron chi connectivity index (χ2n) is 4.50. The molecule has 17 heavy (non-hydrogen) atoms. The van der Waals surface area contributed by atoms with E-state index < -0.39 is 0 Å². The summed E-state index contributed by atoms with van der Waals surface area (Å²) in [6.45, 7) is 9.25. The van der Waals surface area contributed by atoms with E-state index in [0.29, 0.717) is 13.2 Å². The summed E-state index contributed by atoms with van der Waals surface area (Å²) in [7, 11) is 0. The first-order valence-electron chi connectivity index (χ1n) is 7.12. The SMILES string of the molecule is CCCCCN(CCCCC)CC(=O)OCC. The summed E-state index contributed by atoms with van der Waals surface area (Å²) < 4.78 is 5.00. The Morgan fingerprint density at radius 3 is 1.88 bits per heavy atom. The van der Waals surface area contributed by atoms with E-state index in [2.05, 4.69) is 18.7 Å². The van der Waals surface area contributed by atoms with Gasteiger partial charge in [0.2, 0.25) is 0 Å². The van der Waals surface area contributed by atoms with Crippen LogP contribution in [-0.2, 0) is 9.53 Å². The normalized spacial score (nSPS) is 10.8. The van der Waals surface area contributed by atoms with Crippen molar-refractivity contribution in [1.29, 1.82) is 0 Å². The van der Waals surface area contributed by atoms with Crippen LogP contribution in [0.2, 0.25) is 0 Å². The molecule has 0 fully saturated rings. The second kappa shape index (κ2) is 11.9. The minimum Gasteiger partial charge on any atom is -0.465 e. The van der Waals surface area contributed by atoms with Crippen molar-refractivity contribution in [2.24, 2.45) is 0 Å². The van der Waals surface area contributed by atoms with Crippen LogP contribution in [0.15, 0.2) is 0 Å². The number of esters is 1. The highest BCUT2D eigenvalue weighted by Crippen LogP contribution is 2.03. The highest BCUT2D eigenvalue weighted by Gasteiger charge is 2.10. The van der Waals surface area contributed by atoms with Gasteiger partial charge in [0.05, 0.1) is 13.2 Å². The molecule has 0 unspecified atom stereocenters. The van der Waals surface area contributed by atoms with Gasteiger partial charge in [-0.05, 0) is 32.9 Å². The third kappa shape index (κ3) is 10.3. The van der Waals surface area contributed by atoms with E-state index in [-0.39, 0.29) is 5.97 Å². The summed E-state index contributed by atoms with van der Waals surface area (Å²) in [6, 6.07) is 0. The van der Waals surface area contributed by atoms with Gasteiger partial charge in [0.25, 0.3) is 0 Å². The van der Waals surface area contributed by atoms with Crippen LogP contribution in [0.3, 0.4) is 0 Å². The van der Waals surface area contributed by atoms with Crippen LogP contribution in [0.4, 0.5) is 0 Å². The molecule has 0 aliphatic heterocycles. The van der Waals surface area contributed by atoms with E-state index >= 15 is 0 Å². The van der Waals surface area contributed by atoms with Gasteiger partial charge in [-0.2, -0.15) is 0 Å². The Kier molecular flexibility index (Phi) is 11.5. The number of hydrogen-bond donors (Lipinski definition) is 0. The van der Waals surface area contributed by atoms with E-state index in [1.54, 1.807) is 0 Å². The first-order valence-corrected chi connectivity index (χ1v) is 7.12. The Hall–Kier alpha value is -0.570. The Balaban J connectivity index is 3.86. The van der Waals surface area contributed by atoms with Crippen molar-refractivity contribution in [1.82, 2.24) is 4.90 Å². The summed E-state index contributed by atoms with van der Waals surface area (Å²) in [4.78, 5) is 13.7. The van der Waals surface area contributed by atoms with Crippen LogP contribution in [0.1, 0.15) is 59.3 Å². The molecule has 0 rings (SSSR count). The maximum Gasteiger partial charge on any atom is 0.320 e. The van der Waals surface area contributed by atoms with Gasteiger partial charge in [0.15, 0.2) is 0 Å². The summed E-state index contributed by atoms with van der Waals surface area (Å²) in [5.74, 6) is -0.0829. The van der Waals surface area contributed by atoms with E-state index in [9.17, 15) is 4.79 Å². The topological polar surface area (TPSA) is 29.5 Å². The fourth-order valence-electron chi connectivity index (χ4n) is 1.83. The average Bonchev–Trinajstić information content (AvgIpc) is 2.29. The van der Waals surface area contributed by atoms with Gasteiger partial charge in [-0.25, -0.2) is 0 Å². The summed E-state index contributed by atoms with van der Waals surface area (Å²) in [5.41, 5.74) is 0. The van der Waals surface area contributed by atoms with Gasteiger partial charge >= 0.3 is 5.97 Å². The molecule has 102 valence electrons. The fraction of sp³-hybridized carbons (Fsp3) is 0.929. The zero-order chi connectivity index (χ0) is 12.9. The molecular formula is C14H29NO2. The molecule has 0 aromatic heterocycles. The lowest BCUT2D eigenvalue weighted by atomic mass is 10.2. The molecule has 0 heterocycles. The zero-order valence-electron chi connectivity index (χ0n) is 11.8. The quantitative estimate of drug-likeness (QED) is 0.412. The molecule has 0 amide bonds. The molecular weight excluding hydrogens is 214 g/mol. The third-order valence-electron chi connectivity index (χ3n) is 2.81. The molecule has 3 heteroatoms. The Labute approximate surface area is 107 Å². The molecule has 0 aromatic carbocycles. The van der Waals surface area contributed by atoms with Crippen molar-refractivity contribution < 1.29 is 9.53 Å². The van der Waals surface area contributed by atoms with E-state index in [1.807, 2.05) is 6.92 Å². The van der Waals surface area contributed by atoms with Crippen molar-refractivity contribution >= 4 is 5.97 Å². The zero-order valence-corrected chi connectivity index (χ0v) is 11.8. The average molecular weight is 243 g/mol. The Morgan fingerprint density at radius 2 is 1.47 bits per heavy atom. The van der Waals surface area contributed by atoms with Crippen LogP contribution in [0.25, 0.3) is 0 Å². The lowest BCUT2D eigenvalue weighted by molar-refractivity contribution is -0.144. The van der Waals surface area contributed by atoms with Crippen LogP contribution in [-0.4, -0.2) is 37.1 Å². The van der Waals surface area contributed by atoms with Crippen LogP contribution < -0.4 is 0 Å². The van der Waals surface area contributed by atoms with Gasteiger partial charge in [-0.1, -0.05) is 39.5 Å². The van der Waals surface area contributed by atoms with Crippen molar-refractivity contribution in [3.05, 3.63) is 0 Å². The number of rotatable bonds is 11. The maximum atomic E-state index is 11.5. The van der Waals surface area contributed by atoms with Gasteiger partial charge < -0.3 is 4.74 Å². The van der Waals surface area contributed by atoms with Gasteiger partial charge in [0, 0.05) is 0 Å². The molecule has 0 bridgehead atoms. The molecule has 0 saturated carbocycles. The molecule has 0 aliphatic rings. The Morgan fingerprint density at radius 1 is 0.941 bits per heavy atom. The molecule has 0 spiro atoms. The minimum atomic E-state index is -0.0829. The predicted molar refractivity (Wildman–Crippen MR) is 72.1 cm³/mol. The molecule has 0 atom stereocenters. The van der Waals surface area contributed by atoms with Crippen molar-refractivity contribution in [2.75, 3.05) is 26.2 Å². The lowest BCUT2D eigenvalue weighted by Crippen LogP contribution is -2.32. The first-order chi connectivity index (χ1) is 8.24. The van der Waals surface area contributed by atoms with Gasteiger partial charge in [0.1, 0.15) is 0 Å². The number of ether oxygens (including phenoxy) is 1. The second-order valence-corrected chi connectivity index (χ2v) is 4.50. The highest BCUT2D eigenvalue weighted by atomic mass is 16.5. The first kappa shape index (κ1) is 16.4. The number of carbonyl (C=O) groups is 1. The molecule has 0 N–H and O–H groups in total. The largest absolute Gasteiger partial charge is 0.465 e. The van der Waals surface area contributed by atoms with Gasteiger partial charge in [-0.15, -0.1) is 0 Å². The van der Waals surface area contributed by atoms with E-state index in [4.69, 9.17) is 4.74 Å². The predicted octanol–water partition coefficient (Wildman–Crippen LogP) is 3.23. The van der Waals surface area contributed by atoms with Crippen molar-refractivity contribution in [3.63, 3.8) is 0 Å². The summed E-state index contributed by atoms with van der Waals surface area (Å²) in [6.07, 6.45) is 7.30. The fourth-order valence-corrected chi connectivity index (χ4v) is 1.83. The molecule has 3 nitrogen and oxygen atoms in total. The third-order valence-corrected chi connectivity index (χ3v) is 2.81.